The van der Waals surface area contributed by atoms with Crippen LogP contribution in [-0.2, 0) is 4.79 Å². The van der Waals surface area contributed by atoms with Gasteiger partial charge in [-0.2, -0.15) is 5.10 Å². The number of nitrogens with zero attached hydrogens (tertiary/aromatic N) is 2. The van der Waals surface area contributed by atoms with Gasteiger partial charge < -0.3 is 10.1 Å². The number of benzene rings is 3. The fourth-order valence-electron chi connectivity index (χ4n) is 2.72. The molecule has 0 unspecified atom stereocenters. The van der Waals surface area contributed by atoms with Crippen molar-refractivity contribution in [3.05, 3.63) is 97.0 Å². The maximum Gasteiger partial charge on any atom is 0.271 e. The summed E-state index contributed by atoms with van der Waals surface area (Å²) in [5.74, 6) is -0.490. The second kappa shape index (κ2) is 11.4. The van der Waals surface area contributed by atoms with Gasteiger partial charge in [0.25, 0.3) is 17.5 Å². The summed E-state index contributed by atoms with van der Waals surface area (Å²) < 4.78 is 6.13. The molecule has 2 amide bonds. The van der Waals surface area contributed by atoms with Gasteiger partial charge in [0.15, 0.2) is 6.61 Å². The van der Waals surface area contributed by atoms with Crippen LogP contribution in [0.5, 0.6) is 5.75 Å². The van der Waals surface area contributed by atoms with Crippen LogP contribution >= 0.6 is 27.5 Å². The number of ether oxygens (including phenoxy) is 1. The van der Waals surface area contributed by atoms with E-state index in [0.717, 1.165) is 11.6 Å². The van der Waals surface area contributed by atoms with Gasteiger partial charge in [-0.15, -0.1) is 0 Å². The highest BCUT2D eigenvalue weighted by atomic mass is 79.9. The predicted octanol–water partition coefficient (Wildman–Crippen LogP) is 5.10. The first-order valence-corrected chi connectivity index (χ1v) is 11.0. The molecule has 3 aromatic rings. The van der Waals surface area contributed by atoms with E-state index in [1.807, 2.05) is 13.0 Å². The molecular weight excluding hydrogens is 528 g/mol. The molecule has 3 aromatic carbocycles. The molecule has 0 spiro atoms. The third kappa shape index (κ3) is 6.87. The number of halogens is 2. The molecule has 3 rings (SSSR count). The number of carbonyl (C=O) groups is 2. The normalized spacial score (nSPS) is 10.7. The summed E-state index contributed by atoms with van der Waals surface area (Å²) in [4.78, 5) is 34.5. The average Bonchev–Trinajstić information content (AvgIpc) is 2.81. The van der Waals surface area contributed by atoms with E-state index in [9.17, 15) is 19.7 Å². The number of nitrogens with one attached hydrogen (secondary N) is 2. The Balaban J connectivity index is 1.54. The number of hydrazone groups is 1. The fourth-order valence-corrected chi connectivity index (χ4v) is 3.41. The van der Waals surface area contributed by atoms with Crippen molar-refractivity contribution in [3.8, 4) is 5.75 Å². The number of non-ortho nitro benzene ring substituents is 1. The largest absolute Gasteiger partial charge is 0.483 e. The van der Waals surface area contributed by atoms with Crippen molar-refractivity contribution in [2.24, 2.45) is 5.10 Å². The van der Waals surface area contributed by atoms with Crippen LogP contribution < -0.4 is 15.5 Å². The molecule has 0 aromatic heterocycles. The van der Waals surface area contributed by atoms with Crippen molar-refractivity contribution in [2.45, 2.75) is 6.92 Å². The minimum absolute atomic E-state index is 0.113. The van der Waals surface area contributed by atoms with Gasteiger partial charge in [0, 0.05) is 28.4 Å². The van der Waals surface area contributed by atoms with Crippen molar-refractivity contribution < 1.29 is 19.2 Å². The molecule has 0 aliphatic carbocycles. The highest BCUT2D eigenvalue weighted by Crippen LogP contribution is 2.26. The third-order valence-electron chi connectivity index (χ3n) is 4.47. The Kier molecular flexibility index (Phi) is 8.34. The van der Waals surface area contributed by atoms with Gasteiger partial charge in [0.2, 0.25) is 0 Å². The highest BCUT2D eigenvalue weighted by Gasteiger charge is 2.11. The zero-order valence-electron chi connectivity index (χ0n) is 17.7. The molecule has 0 aliphatic heterocycles. The maximum atomic E-state index is 12.1. The number of rotatable bonds is 8. The molecule has 11 heteroatoms. The van der Waals surface area contributed by atoms with Crippen LogP contribution in [0.25, 0.3) is 0 Å². The Labute approximate surface area is 208 Å². The molecule has 34 heavy (non-hydrogen) atoms. The molecule has 0 fully saturated rings. The van der Waals surface area contributed by atoms with Crippen molar-refractivity contribution in [2.75, 3.05) is 11.9 Å². The third-order valence-corrected chi connectivity index (χ3v) is 5.50. The first-order chi connectivity index (χ1) is 16.2. The Hall–Kier alpha value is -3.76. The molecule has 174 valence electrons. The monoisotopic (exact) mass is 544 g/mol. The van der Waals surface area contributed by atoms with Crippen LogP contribution in [0.1, 0.15) is 21.5 Å². The van der Waals surface area contributed by atoms with Crippen LogP contribution in [0, 0.1) is 17.0 Å². The van der Waals surface area contributed by atoms with Crippen molar-refractivity contribution in [1.29, 1.82) is 0 Å². The Morgan fingerprint density at radius 1 is 1.18 bits per heavy atom. The number of hydrogen-bond acceptors (Lipinski definition) is 6. The summed E-state index contributed by atoms with van der Waals surface area (Å²) in [5.41, 5.74) is 4.36. The summed E-state index contributed by atoms with van der Waals surface area (Å²) >= 11 is 9.43. The molecule has 0 radical (unpaired) electrons. The molecular formula is C23H18BrClN4O5. The van der Waals surface area contributed by atoms with Gasteiger partial charge >= 0.3 is 0 Å². The second-order valence-electron chi connectivity index (χ2n) is 7.00. The summed E-state index contributed by atoms with van der Waals surface area (Å²) in [5, 5.41) is 18.0. The van der Waals surface area contributed by atoms with E-state index in [-0.39, 0.29) is 23.8 Å². The number of amides is 2. The SMILES string of the molecule is Cc1ccc(NC(=O)COc2ccc(/C=N/NC(=O)c3cccc([N+](=O)[O-])c3)cc2Br)cc1Cl. The predicted molar refractivity (Wildman–Crippen MR) is 133 cm³/mol. The van der Waals surface area contributed by atoms with Gasteiger partial charge in [-0.1, -0.05) is 23.7 Å². The van der Waals surface area contributed by atoms with E-state index in [0.29, 0.717) is 26.5 Å². The van der Waals surface area contributed by atoms with Crippen LogP contribution in [0.4, 0.5) is 11.4 Å². The number of nitro benzene ring substituents is 1. The zero-order chi connectivity index (χ0) is 24.7. The average molecular weight is 546 g/mol. The number of carbonyl (C=O) groups excluding carboxylic acids is 2. The van der Waals surface area contributed by atoms with Gasteiger partial charge in [-0.25, -0.2) is 5.43 Å². The molecule has 0 saturated heterocycles. The van der Waals surface area contributed by atoms with Crippen LogP contribution in [0.3, 0.4) is 0 Å². The minimum Gasteiger partial charge on any atom is -0.483 e. The summed E-state index contributed by atoms with van der Waals surface area (Å²) in [6.07, 6.45) is 1.40. The Morgan fingerprint density at radius 3 is 2.68 bits per heavy atom. The fraction of sp³-hybridized carbons (Fsp3) is 0.0870. The maximum absolute atomic E-state index is 12.1. The first kappa shape index (κ1) is 24.9. The molecule has 0 aliphatic rings. The molecule has 0 saturated carbocycles. The topological polar surface area (TPSA) is 123 Å². The summed E-state index contributed by atoms with van der Waals surface area (Å²) in [6.45, 7) is 1.66. The van der Waals surface area contributed by atoms with E-state index < -0.39 is 10.8 Å². The molecule has 0 atom stereocenters. The standard InChI is InChI=1S/C23H18BrClN4O5/c1-14-5-7-17(11-20(14)25)27-22(30)13-34-21-8-6-15(9-19(21)24)12-26-28-23(31)16-3-2-4-18(10-16)29(32)33/h2-12H,13H2,1H3,(H,27,30)(H,28,31)/b26-12+. The van der Waals surface area contributed by atoms with Crippen molar-refractivity contribution >= 4 is 56.9 Å². The Bertz CT molecular complexity index is 1280. The van der Waals surface area contributed by atoms with E-state index in [1.165, 1.54) is 24.4 Å². The summed E-state index contributed by atoms with van der Waals surface area (Å²) in [6, 6.07) is 15.6. The van der Waals surface area contributed by atoms with E-state index in [2.05, 4.69) is 31.8 Å². The van der Waals surface area contributed by atoms with E-state index in [1.54, 1.807) is 30.3 Å². The number of aryl methyl sites for hydroxylation is 1. The van der Waals surface area contributed by atoms with Crippen LogP contribution in [0.2, 0.25) is 5.02 Å². The Morgan fingerprint density at radius 2 is 1.97 bits per heavy atom. The number of anilines is 1. The lowest BCUT2D eigenvalue weighted by atomic mass is 10.2. The zero-order valence-corrected chi connectivity index (χ0v) is 20.1. The van der Waals surface area contributed by atoms with Crippen molar-refractivity contribution in [3.63, 3.8) is 0 Å². The van der Waals surface area contributed by atoms with Crippen LogP contribution in [0.15, 0.2) is 70.2 Å². The van der Waals surface area contributed by atoms with Gasteiger partial charge in [-0.05, 0) is 70.4 Å². The smallest absolute Gasteiger partial charge is 0.271 e. The molecule has 0 heterocycles. The molecule has 0 bridgehead atoms. The van der Waals surface area contributed by atoms with E-state index >= 15 is 0 Å². The number of hydrogen-bond donors (Lipinski definition) is 2. The lowest BCUT2D eigenvalue weighted by Crippen LogP contribution is -2.20. The summed E-state index contributed by atoms with van der Waals surface area (Å²) in [7, 11) is 0. The quantitative estimate of drug-likeness (QED) is 0.232. The van der Waals surface area contributed by atoms with Crippen LogP contribution in [-0.4, -0.2) is 29.6 Å². The first-order valence-electron chi connectivity index (χ1n) is 9.79. The van der Waals surface area contributed by atoms with Gasteiger partial charge in [0.1, 0.15) is 5.75 Å². The minimum atomic E-state index is -0.583. The van der Waals surface area contributed by atoms with Crippen molar-refractivity contribution in [1.82, 2.24) is 5.43 Å². The lowest BCUT2D eigenvalue weighted by Gasteiger charge is -2.10. The number of nitro groups is 1. The second-order valence-corrected chi connectivity index (χ2v) is 8.26. The van der Waals surface area contributed by atoms with Gasteiger partial charge in [0.05, 0.1) is 15.6 Å². The highest BCUT2D eigenvalue weighted by molar-refractivity contribution is 9.10. The van der Waals surface area contributed by atoms with Gasteiger partial charge in [-0.3, -0.25) is 19.7 Å². The lowest BCUT2D eigenvalue weighted by molar-refractivity contribution is -0.384. The molecule has 9 nitrogen and oxygen atoms in total. The molecule has 2 N–H and O–H groups in total. The van der Waals surface area contributed by atoms with E-state index in [4.69, 9.17) is 16.3 Å².